The molecule has 2 aromatic rings. The molecule has 0 aliphatic carbocycles. The lowest BCUT2D eigenvalue weighted by Gasteiger charge is -2.14. The number of rotatable bonds is 6. The fourth-order valence-corrected chi connectivity index (χ4v) is 3.07. The largest absolute Gasteiger partial charge is 0.460 e. The lowest BCUT2D eigenvalue weighted by atomic mass is 10.0. The van der Waals surface area contributed by atoms with Crippen molar-refractivity contribution in [2.45, 2.75) is 17.9 Å². The fraction of sp³-hybridized carbons (Fsp3) is 0.176. The number of nitrogens with one attached hydrogen (secondary N) is 1. The molecule has 2 unspecified atom stereocenters. The van der Waals surface area contributed by atoms with Crippen LogP contribution in [-0.4, -0.2) is 27.8 Å². The molecule has 0 fully saturated rings. The van der Waals surface area contributed by atoms with Gasteiger partial charge in [0.05, 0.1) is 12.0 Å². The van der Waals surface area contributed by atoms with Gasteiger partial charge in [-0.2, -0.15) is 4.79 Å². The molecule has 2 atom stereocenters. The monoisotopic (exact) mass is 343 g/mol. The standard InChI is InChI=1S/C17H17N3O3S/c1-12-8-10-14(11-9-12)24(22)20-15(13-6-4-3-5-7-13)16(19-18)17(21)23-2/h3-11,15,20H,1-2H3. The first-order valence-electron chi connectivity index (χ1n) is 7.16. The van der Waals surface area contributed by atoms with Crippen LogP contribution in [0.25, 0.3) is 5.53 Å². The third-order valence-electron chi connectivity index (χ3n) is 3.37. The van der Waals surface area contributed by atoms with E-state index in [9.17, 15) is 14.5 Å². The van der Waals surface area contributed by atoms with Gasteiger partial charge in [0.2, 0.25) is 0 Å². The molecular weight excluding hydrogens is 326 g/mol. The minimum absolute atomic E-state index is 0.274. The predicted octanol–water partition coefficient (Wildman–Crippen LogP) is 2.19. The number of esters is 1. The van der Waals surface area contributed by atoms with Gasteiger partial charge < -0.3 is 10.3 Å². The van der Waals surface area contributed by atoms with Crippen LogP contribution in [0.5, 0.6) is 0 Å². The van der Waals surface area contributed by atoms with Crippen LogP contribution in [0.2, 0.25) is 0 Å². The zero-order chi connectivity index (χ0) is 17.5. The van der Waals surface area contributed by atoms with Gasteiger partial charge in [0.15, 0.2) is 6.04 Å². The molecule has 0 saturated carbocycles. The number of aryl methyl sites for hydroxylation is 1. The number of methoxy groups -OCH3 is 1. The van der Waals surface area contributed by atoms with Crippen molar-refractivity contribution < 1.29 is 18.5 Å². The summed E-state index contributed by atoms with van der Waals surface area (Å²) < 4.78 is 20.0. The van der Waals surface area contributed by atoms with Crippen LogP contribution in [0.4, 0.5) is 0 Å². The SMILES string of the molecule is COC(=O)C(=[N+]=[N-])C(NS(=O)c1ccc(C)cc1)c1ccccc1. The van der Waals surface area contributed by atoms with E-state index in [0.717, 1.165) is 5.56 Å². The Hall–Kier alpha value is -2.60. The van der Waals surface area contributed by atoms with Crippen LogP contribution in [0.1, 0.15) is 17.2 Å². The summed E-state index contributed by atoms with van der Waals surface area (Å²) in [4.78, 5) is 15.5. The summed E-state index contributed by atoms with van der Waals surface area (Å²) in [6.45, 7) is 1.93. The van der Waals surface area contributed by atoms with Gasteiger partial charge >= 0.3 is 11.7 Å². The van der Waals surface area contributed by atoms with Crippen LogP contribution in [0.15, 0.2) is 59.5 Å². The Kier molecular flexibility index (Phi) is 6.14. The number of hydrogen-bond donors (Lipinski definition) is 1. The highest BCUT2D eigenvalue weighted by molar-refractivity contribution is 7.83. The quantitative estimate of drug-likeness (QED) is 0.377. The Balaban J connectivity index is 2.36. The lowest BCUT2D eigenvalue weighted by molar-refractivity contribution is -0.138. The van der Waals surface area contributed by atoms with Gasteiger partial charge in [0.25, 0.3) is 0 Å². The van der Waals surface area contributed by atoms with E-state index in [-0.39, 0.29) is 5.71 Å². The van der Waals surface area contributed by atoms with E-state index in [1.165, 1.54) is 7.11 Å². The van der Waals surface area contributed by atoms with Crippen LogP contribution in [-0.2, 0) is 20.5 Å². The smallest absolute Gasteiger partial charge is 0.418 e. The second kappa shape index (κ2) is 8.31. The van der Waals surface area contributed by atoms with Gasteiger partial charge in [-0.25, -0.2) is 13.7 Å². The minimum Gasteiger partial charge on any atom is -0.460 e. The van der Waals surface area contributed by atoms with E-state index in [4.69, 9.17) is 0 Å². The maximum absolute atomic E-state index is 12.6. The molecule has 0 bridgehead atoms. The van der Waals surface area contributed by atoms with Crippen molar-refractivity contribution in [3.63, 3.8) is 0 Å². The maximum Gasteiger partial charge on any atom is 0.418 e. The number of carbonyl (C=O) groups excluding carboxylic acids is 1. The number of carbonyl (C=O) groups is 1. The van der Waals surface area contributed by atoms with E-state index in [1.807, 2.05) is 25.1 Å². The normalized spacial score (nSPS) is 12.8. The molecule has 0 aromatic heterocycles. The molecule has 0 aliphatic rings. The molecule has 2 aromatic carbocycles. The first-order valence-corrected chi connectivity index (χ1v) is 8.31. The lowest BCUT2D eigenvalue weighted by Crippen LogP contribution is -2.36. The van der Waals surface area contributed by atoms with Crippen molar-refractivity contribution in [3.05, 3.63) is 71.3 Å². The number of nitrogens with zero attached hydrogens (tertiary/aromatic N) is 2. The van der Waals surface area contributed by atoms with Crippen LogP contribution < -0.4 is 4.72 Å². The second-order valence-corrected chi connectivity index (χ2v) is 6.26. The van der Waals surface area contributed by atoms with E-state index < -0.39 is 23.0 Å². The minimum atomic E-state index is -1.61. The summed E-state index contributed by atoms with van der Waals surface area (Å²) in [5.74, 6) is -0.806. The number of ether oxygens (including phenoxy) is 1. The Morgan fingerprint density at radius 3 is 2.33 bits per heavy atom. The third kappa shape index (κ3) is 4.23. The van der Waals surface area contributed by atoms with Crippen LogP contribution >= 0.6 is 0 Å². The molecule has 0 saturated heterocycles. The van der Waals surface area contributed by atoms with Crippen molar-refractivity contribution >= 4 is 22.7 Å². The molecule has 6 nitrogen and oxygen atoms in total. The van der Waals surface area contributed by atoms with E-state index in [2.05, 4.69) is 14.2 Å². The van der Waals surface area contributed by atoms with Crippen molar-refractivity contribution in [2.24, 2.45) is 0 Å². The first-order chi connectivity index (χ1) is 11.6. The Morgan fingerprint density at radius 2 is 1.79 bits per heavy atom. The van der Waals surface area contributed by atoms with Crippen molar-refractivity contribution in [1.29, 1.82) is 0 Å². The molecule has 124 valence electrons. The van der Waals surface area contributed by atoms with Gasteiger partial charge in [0, 0.05) is 0 Å². The molecular formula is C17H17N3O3S. The molecule has 0 radical (unpaired) electrons. The molecule has 0 aliphatic heterocycles. The summed E-state index contributed by atoms with van der Waals surface area (Å²) in [5, 5.41) is 0. The Bertz CT molecular complexity index is 784. The van der Waals surface area contributed by atoms with Gasteiger partial charge in [-0.3, -0.25) is 0 Å². The van der Waals surface area contributed by atoms with Gasteiger partial charge in [0.1, 0.15) is 11.0 Å². The van der Waals surface area contributed by atoms with Crippen molar-refractivity contribution in [3.8, 4) is 0 Å². The number of benzene rings is 2. The topological polar surface area (TPSA) is 91.8 Å². The molecule has 24 heavy (non-hydrogen) atoms. The summed E-state index contributed by atoms with van der Waals surface area (Å²) >= 11 is 0. The zero-order valence-corrected chi connectivity index (χ0v) is 14.1. The average molecular weight is 343 g/mol. The molecule has 7 heteroatoms. The molecule has 0 spiro atoms. The predicted molar refractivity (Wildman–Crippen MR) is 90.5 cm³/mol. The highest BCUT2D eigenvalue weighted by Gasteiger charge is 2.35. The molecule has 2 rings (SSSR count). The summed E-state index contributed by atoms with van der Waals surface area (Å²) in [5.41, 5.74) is 10.6. The second-order valence-electron chi connectivity index (χ2n) is 5.02. The van der Waals surface area contributed by atoms with Gasteiger partial charge in [-0.15, -0.1) is 0 Å². The average Bonchev–Trinajstić information content (AvgIpc) is 2.62. The Morgan fingerprint density at radius 1 is 1.17 bits per heavy atom. The highest BCUT2D eigenvalue weighted by atomic mass is 32.2. The van der Waals surface area contributed by atoms with E-state index in [1.54, 1.807) is 36.4 Å². The molecule has 0 heterocycles. The van der Waals surface area contributed by atoms with Gasteiger partial charge in [-0.1, -0.05) is 48.0 Å². The highest BCUT2D eigenvalue weighted by Crippen LogP contribution is 2.17. The number of hydrogen-bond acceptors (Lipinski definition) is 3. The Labute approximate surface area is 142 Å². The molecule has 1 N–H and O–H groups in total. The van der Waals surface area contributed by atoms with Crippen LogP contribution in [0, 0.1) is 6.92 Å². The van der Waals surface area contributed by atoms with E-state index in [0.29, 0.717) is 10.5 Å². The zero-order valence-electron chi connectivity index (χ0n) is 13.3. The maximum atomic E-state index is 12.6. The van der Waals surface area contributed by atoms with Crippen LogP contribution in [0.3, 0.4) is 0 Å². The van der Waals surface area contributed by atoms with Crippen molar-refractivity contribution in [2.75, 3.05) is 7.11 Å². The van der Waals surface area contributed by atoms with E-state index >= 15 is 0 Å². The summed E-state index contributed by atoms with van der Waals surface area (Å²) in [6.07, 6.45) is 0. The fourth-order valence-electron chi connectivity index (χ4n) is 2.09. The van der Waals surface area contributed by atoms with Gasteiger partial charge in [-0.05, 0) is 24.6 Å². The van der Waals surface area contributed by atoms with Crippen molar-refractivity contribution in [1.82, 2.24) is 4.72 Å². The summed E-state index contributed by atoms with van der Waals surface area (Å²) in [6, 6.07) is 15.1. The summed E-state index contributed by atoms with van der Waals surface area (Å²) in [7, 11) is -0.426. The third-order valence-corrected chi connectivity index (χ3v) is 4.52. The first kappa shape index (κ1) is 17.7. The molecule has 0 amide bonds.